The van der Waals surface area contributed by atoms with Crippen LogP contribution in [0.25, 0.3) is 10.8 Å². The molecule has 0 spiro atoms. The van der Waals surface area contributed by atoms with Crippen molar-refractivity contribution in [2.45, 2.75) is 45.7 Å². The van der Waals surface area contributed by atoms with Crippen LogP contribution in [0.3, 0.4) is 0 Å². The Kier molecular flexibility index (Phi) is 5.06. The second kappa shape index (κ2) is 7.27. The maximum atomic E-state index is 12.4. The first-order chi connectivity index (χ1) is 12.4. The number of rotatable bonds is 6. The molecule has 7 heteroatoms. The van der Waals surface area contributed by atoms with E-state index in [0.29, 0.717) is 5.39 Å². The lowest BCUT2D eigenvalue weighted by Crippen LogP contribution is -2.52. The highest BCUT2D eigenvalue weighted by Gasteiger charge is 2.37. The fourth-order valence-corrected chi connectivity index (χ4v) is 2.80. The number of hydrogen-bond acceptors (Lipinski definition) is 4. The van der Waals surface area contributed by atoms with Crippen LogP contribution in [-0.4, -0.2) is 34.2 Å². The molecule has 1 aliphatic carbocycles. The van der Waals surface area contributed by atoms with Gasteiger partial charge in [0.2, 0.25) is 11.8 Å². The maximum Gasteiger partial charge on any atom is 0.274 e. The topological polar surface area (TPSA) is 93.1 Å². The highest BCUT2D eigenvalue weighted by atomic mass is 16.2. The standard InChI is InChI=1S/C19H24N4O3/c1-19(2,18(26)22-14-7-5-8-14)17(25)20-10-11-23-16(24)15-9-4-3-6-13(15)12-21-23/h3-4,6,9,12,14H,5,7-8,10-11H2,1-2H3,(H,20,25)(H,22,26). The maximum absolute atomic E-state index is 12.4. The second-order valence-electron chi connectivity index (χ2n) is 7.24. The van der Waals surface area contributed by atoms with Gasteiger partial charge >= 0.3 is 0 Å². The number of carbonyl (C=O) groups is 2. The van der Waals surface area contributed by atoms with Crippen molar-refractivity contribution in [1.82, 2.24) is 20.4 Å². The molecule has 0 atom stereocenters. The molecule has 1 aliphatic rings. The van der Waals surface area contributed by atoms with E-state index in [2.05, 4.69) is 15.7 Å². The molecule has 1 saturated carbocycles. The van der Waals surface area contributed by atoms with Gasteiger partial charge in [-0.1, -0.05) is 18.2 Å². The quantitative estimate of drug-likeness (QED) is 0.761. The fourth-order valence-electron chi connectivity index (χ4n) is 2.80. The van der Waals surface area contributed by atoms with Crippen LogP contribution in [0.15, 0.2) is 35.3 Å². The number of nitrogens with zero attached hydrogens (tertiary/aromatic N) is 2. The molecular weight excluding hydrogens is 332 g/mol. The van der Waals surface area contributed by atoms with E-state index in [0.717, 1.165) is 24.6 Å². The van der Waals surface area contributed by atoms with Crippen molar-refractivity contribution in [2.75, 3.05) is 6.54 Å². The average molecular weight is 356 g/mol. The minimum absolute atomic E-state index is 0.190. The van der Waals surface area contributed by atoms with Gasteiger partial charge < -0.3 is 10.6 Å². The van der Waals surface area contributed by atoms with Crippen molar-refractivity contribution in [2.24, 2.45) is 5.41 Å². The molecule has 7 nitrogen and oxygen atoms in total. The predicted molar refractivity (Wildman–Crippen MR) is 98.6 cm³/mol. The molecule has 26 heavy (non-hydrogen) atoms. The van der Waals surface area contributed by atoms with E-state index in [9.17, 15) is 14.4 Å². The Morgan fingerprint density at radius 2 is 1.96 bits per heavy atom. The highest BCUT2D eigenvalue weighted by Crippen LogP contribution is 2.22. The Hall–Kier alpha value is -2.70. The number of nitrogens with one attached hydrogen (secondary N) is 2. The molecule has 1 heterocycles. The Balaban J connectivity index is 1.58. The lowest BCUT2D eigenvalue weighted by Gasteiger charge is -2.31. The molecule has 1 fully saturated rings. The van der Waals surface area contributed by atoms with E-state index in [4.69, 9.17) is 0 Å². The van der Waals surface area contributed by atoms with Crippen LogP contribution in [0, 0.1) is 5.41 Å². The van der Waals surface area contributed by atoms with Crippen LogP contribution in [-0.2, 0) is 16.1 Å². The lowest BCUT2D eigenvalue weighted by atomic mass is 9.87. The lowest BCUT2D eigenvalue weighted by molar-refractivity contribution is -0.142. The second-order valence-corrected chi connectivity index (χ2v) is 7.24. The SMILES string of the molecule is CC(C)(C(=O)NCCn1ncc2ccccc2c1=O)C(=O)NC1CCC1. The normalized spacial score (nSPS) is 14.7. The molecule has 138 valence electrons. The van der Waals surface area contributed by atoms with Gasteiger partial charge in [0.1, 0.15) is 5.41 Å². The van der Waals surface area contributed by atoms with E-state index in [1.54, 1.807) is 32.2 Å². The van der Waals surface area contributed by atoms with Crippen LogP contribution in [0.5, 0.6) is 0 Å². The predicted octanol–water partition coefficient (Wildman–Crippen LogP) is 1.21. The van der Waals surface area contributed by atoms with Crippen LogP contribution in [0.4, 0.5) is 0 Å². The van der Waals surface area contributed by atoms with Crippen molar-refractivity contribution >= 4 is 22.6 Å². The summed E-state index contributed by atoms with van der Waals surface area (Å²) in [6, 6.07) is 7.43. The van der Waals surface area contributed by atoms with Gasteiger partial charge in [0.05, 0.1) is 18.1 Å². The van der Waals surface area contributed by atoms with Gasteiger partial charge in [-0.05, 0) is 39.2 Å². The summed E-state index contributed by atoms with van der Waals surface area (Å²) in [6.07, 6.45) is 4.69. The molecule has 0 bridgehead atoms. The zero-order chi connectivity index (χ0) is 18.7. The zero-order valence-corrected chi connectivity index (χ0v) is 15.1. The summed E-state index contributed by atoms with van der Waals surface area (Å²) in [5.41, 5.74) is -1.35. The van der Waals surface area contributed by atoms with Crippen LogP contribution >= 0.6 is 0 Å². The van der Waals surface area contributed by atoms with Gasteiger partial charge in [-0.2, -0.15) is 5.10 Å². The molecular formula is C19H24N4O3. The molecule has 2 amide bonds. The van der Waals surface area contributed by atoms with E-state index in [1.165, 1.54) is 4.68 Å². The third kappa shape index (κ3) is 3.61. The van der Waals surface area contributed by atoms with Crippen LogP contribution in [0.2, 0.25) is 0 Å². The zero-order valence-electron chi connectivity index (χ0n) is 15.1. The number of hydrogen-bond donors (Lipinski definition) is 2. The van der Waals surface area contributed by atoms with E-state index in [1.807, 2.05) is 12.1 Å². The van der Waals surface area contributed by atoms with E-state index < -0.39 is 5.41 Å². The smallest absolute Gasteiger partial charge is 0.274 e. The Bertz CT molecular complexity index is 884. The number of fused-ring (bicyclic) bond motifs is 1. The molecule has 0 saturated heterocycles. The molecule has 1 aromatic carbocycles. The molecule has 0 radical (unpaired) electrons. The molecule has 2 aromatic rings. The van der Waals surface area contributed by atoms with Gasteiger partial charge in [-0.15, -0.1) is 0 Å². The summed E-state index contributed by atoms with van der Waals surface area (Å²) in [4.78, 5) is 37.1. The van der Waals surface area contributed by atoms with Gasteiger partial charge in [-0.25, -0.2) is 4.68 Å². The van der Waals surface area contributed by atoms with E-state index in [-0.39, 0.29) is 36.5 Å². The average Bonchev–Trinajstić information content (AvgIpc) is 2.59. The van der Waals surface area contributed by atoms with Crippen molar-refractivity contribution in [1.29, 1.82) is 0 Å². The van der Waals surface area contributed by atoms with E-state index >= 15 is 0 Å². The first-order valence-electron chi connectivity index (χ1n) is 8.94. The summed E-state index contributed by atoms with van der Waals surface area (Å²) >= 11 is 0. The Morgan fingerprint density at radius 3 is 2.65 bits per heavy atom. The minimum Gasteiger partial charge on any atom is -0.353 e. The van der Waals surface area contributed by atoms with Crippen LogP contribution in [0.1, 0.15) is 33.1 Å². The van der Waals surface area contributed by atoms with Gasteiger partial charge in [0.25, 0.3) is 5.56 Å². The highest BCUT2D eigenvalue weighted by molar-refractivity contribution is 6.04. The summed E-state index contributed by atoms with van der Waals surface area (Å²) < 4.78 is 1.32. The number of aromatic nitrogens is 2. The van der Waals surface area contributed by atoms with Crippen molar-refractivity contribution in [3.8, 4) is 0 Å². The number of benzene rings is 1. The minimum atomic E-state index is -1.16. The Morgan fingerprint density at radius 1 is 1.23 bits per heavy atom. The molecule has 0 unspecified atom stereocenters. The number of amides is 2. The third-order valence-electron chi connectivity index (χ3n) is 4.95. The number of carbonyl (C=O) groups excluding carboxylic acids is 2. The van der Waals surface area contributed by atoms with Crippen molar-refractivity contribution < 1.29 is 9.59 Å². The monoisotopic (exact) mass is 356 g/mol. The Labute approximate surface area is 151 Å². The molecule has 2 N–H and O–H groups in total. The third-order valence-corrected chi connectivity index (χ3v) is 4.95. The summed E-state index contributed by atoms with van der Waals surface area (Å²) in [7, 11) is 0. The molecule has 3 rings (SSSR count). The van der Waals surface area contributed by atoms with Crippen LogP contribution < -0.4 is 16.2 Å². The first-order valence-corrected chi connectivity index (χ1v) is 8.94. The summed E-state index contributed by atoms with van der Waals surface area (Å²) in [5, 5.41) is 11.2. The summed E-state index contributed by atoms with van der Waals surface area (Å²) in [5.74, 6) is -0.621. The largest absolute Gasteiger partial charge is 0.353 e. The van der Waals surface area contributed by atoms with Gasteiger partial charge in [-0.3, -0.25) is 14.4 Å². The van der Waals surface area contributed by atoms with Gasteiger partial charge in [0.15, 0.2) is 0 Å². The van der Waals surface area contributed by atoms with Crippen molar-refractivity contribution in [3.05, 3.63) is 40.8 Å². The molecule has 0 aliphatic heterocycles. The fraction of sp³-hybridized carbons (Fsp3) is 0.474. The van der Waals surface area contributed by atoms with Crippen molar-refractivity contribution in [3.63, 3.8) is 0 Å². The first kappa shape index (κ1) is 18.1. The summed E-state index contributed by atoms with van der Waals surface area (Å²) in [6.45, 7) is 3.69. The van der Waals surface area contributed by atoms with Gasteiger partial charge in [0, 0.05) is 18.0 Å². The molecule has 1 aromatic heterocycles.